The van der Waals surface area contributed by atoms with Gasteiger partial charge in [0.15, 0.2) is 0 Å². The fraction of sp³-hybridized carbons (Fsp3) is 0.360. The molecule has 2 aromatic rings. The summed E-state index contributed by atoms with van der Waals surface area (Å²) in [5, 5.41) is 13.7. The Labute approximate surface area is 223 Å². The SMILES string of the molecule is O=C(O)[C@H]1CCN(C(=O)C(=[C-]CCCCCNc2cccc(Cl)c2)c2[c-]ncc(Cl)c2)C1.[CH3-].[Li+]. The molecule has 0 aliphatic carbocycles. The van der Waals surface area contributed by atoms with Crippen molar-refractivity contribution in [2.24, 2.45) is 5.92 Å². The van der Waals surface area contributed by atoms with E-state index in [4.69, 9.17) is 23.2 Å². The number of carboxylic acids is 1. The largest absolute Gasteiger partial charge is 1.00 e. The third-order valence-corrected chi connectivity index (χ3v) is 5.71. The van der Waals surface area contributed by atoms with Gasteiger partial charge in [0.05, 0.1) is 11.8 Å². The van der Waals surface area contributed by atoms with Gasteiger partial charge in [-0.25, -0.2) is 17.2 Å². The van der Waals surface area contributed by atoms with Crippen molar-refractivity contribution < 1.29 is 33.6 Å². The first kappa shape index (κ1) is 30.1. The molecular weight excluding hydrogens is 468 g/mol. The Balaban J connectivity index is 0.00000289. The first-order valence-corrected chi connectivity index (χ1v) is 11.4. The van der Waals surface area contributed by atoms with E-state index >= 15 is 0 Å². The van der Waals surface area contributed by atoms with Crippen LogP contribution < -0.4 is 24.2 Å². The second-order valence-corrected chi connectivity index (χ2v) is 8.56. The molecule has 0 bridgehead atoms. The van der Waals surface area contributed by atoms with Gasteiger partial charge in [-0.1, -0.05) is 36.9 Å². The molecule has 2 heterocycles. The fourth-order valence-corrected chi connectivity index (χ4v) is 3.91. The molecule has 9 heteroatoms. The van der Waals surface area contributed by atoms with Gasteiger partial charge in [0.25, 0.3) is 0 Å². The van der Waals surface area contributed by atoms with Crippen LogP contribution in [-0.2, 0) is 9.59 Å². The Kier molecular flexibility index (Phi) is 13.4. The van der Waals surface area contributed by atoms with Gasteiger partial charge in [0.2, 0.25) is 0 Å². The Bertz CT molecular complexity index is 987. The Morgan fingerprint density at radius 2 is 2.00 bits per heavy atom. The van der Waals surface area contributed by atoms with Crippen molar-refractivity contribution >= 4 is 46.3 Å². The van der Waals surface area contributed by atoms with Crippen molar-refractivity contribution in [2.75, 3.05) is 25.0 Å². The van der Waals surface area contributed by atoms with E-state index in [1.165, 1.54) is 6.20 Å². The molecule has 1 atom stereocenters. The van der Waals surface area contributed by atoms with Crippen molar-refractivity contribution in [2.45, 2.75) is 32.1 Å². The summed E-state index contributed by atoms with van der Waals surface area (Å²) in [4.78, 5) is 29.9. The van der Waals surface area contributed by atoms with Crippen molar-refractivity contribution in [1.29, 1.82) is 0 Å². The molecule has 34 heavy (non-hydrogen) atoms. The van der Waals surface area contributed by atoms with Crippen LogP contribution >= 0.6 is 23.2 Å². The molecule has 0 unspecified atom stereocenters. The summed E-state index contributed by atoms with van der Waals surface area (Å²) in [6, 6.07) is 9.24. The molecule has 1 aliphatic heterocycles. The van der Waals surface area contributed by atoms with Gasteiger partial charge >= 0.3 is 24.8 Å². The van der Waals surface area contributed by atoms with E-state index in [1.54, 1.807) is 11.0 Å². The van der Waals surface area contributed by atoms with Crippen molar-refractivity contribution in [3.8, 4) is 0 Å². The topological polar surface area (TPSA) is 82.5 Å². The number of halogens is 2. The first-order chi connectivity index (χ1) is 15.4. The minimum absolute atomic E-state index is 0. The summed E-state index contributed by atoms with van der Waals surface area (Å²) in [6.07, 6.45) is 11.3. The number of unbranched alkanes of at least 4 members (excludes halogenated alkanes) is 3. The summed E-state index contributed by atoms with van der Waals surface area (Å²) in [5.41, 5.74) is 1.82. The molecule has 178 valence electrons. The monoisotopic (exact) mass is 495 g/mol. The molecule has 6 nitrogen and oxygen atoms in total. The summed E-state index contributed by atoms with van der Waals surface area (Å²) in [7, 11) is 0. The minimum Gasteiger partial charge on any atom is -0.481 e. The predicted molar refractivity (Wildman–Crippen MR) is 132 cm³/mol. The first-order valence-electron chi connectivity index (χ1n) is 10.6. The van der Waals surface area contributed by atoms with Gasteiger partial charge in [0.1, 0.15) is 0 Å². The number of nitrogens with zero attached hydrogens (tertiary/aromatic N) is 2. The maximum Gasteiger partial charge on any atom is 1.00 e. The smallest absolute Gasteiger partial charge is 0.481 e. The van der Waals surface area contributed by atoms with Gasteiger partial charge in [-0.3, -0.25) is 4.79 Å². The number of carbonyl (C=O) groups is 2. The van der Waals surface area contributed by atoms with Gasteiger partial charge in [0, 0.05) is 30.3 Å². The summed E-state index contributed by atoms with van der Waals surface area (Å²) in [6.45, 7) is 1.43. The number of carboxylic acid groups (broad SMARTS) is 1. The quantitative estimate of drug-likeness (QED) is 0.229. The number of aliphatic carboxylic acids is 1. The predicted octanol–water partition coefficient (Wildman–Crippen LogP) is 2.44. The van der Waals surface area contributed by atoms with E-state index in [1.807, 2.05) is 24.3 Å². The van der Waals surface area contributed by atoms with Gasteiger partial charge in [-0.2, -0.15) is 6.07 Å². The molecule has 1 aliphatic rings. The van der Waals surface area contributed by atoms with Crippen molar-refractivity contribution in [3.05, 3.63) is 71.8 Å². The molecule has 1 aromatic heterocycles. The summed E-state index contributed by atoms with van der Waals surface area (Å²) in [5.74, 6) is -1.66. The molecule has 0 radical (unpaired) electrons. The van der Waals surface area contributed by atoms with E-state index in [0.29, 0.717) is 40.6 Å². The third kappa shape index (κ3) is 9.00. The van der Waals surface area contributed by atoms with Crippen LogP contribution in [0.15, 0.2) is 36.5 Å². The number of carbonyl (C=O) groups excluding carboxylic acids is 1. The maximum absolute atomic E-state index is 13.1. The Hall–Kier alpha value is -1.97. The van der Waals surface area contributed by atoms with Crippen LogP contribution in [0.2, 0.25) is 10.0 Å². The van der Waals surface area contributed by atoms with E-state index in [0.717, 1.165) is 31.5 Å². The van der Waals surface area contributed by atoms with Crippen LogP contribution in [0.5, 0.6) is 0 Å². The van der Waals surface area contributed by atoms with Crippen molar-refractivity contribution in [1.82, 2.24) is 9.88 Å². The zero-order valence-electron chi connectivity index (χ0n) is 19.6. The standard InChI is InChI=1S/C24H25Cl2N3O3.CH3.Li/c25-19-6-5-7-21(13-19)28-10-4-2-1-3-8-22(18-12-20(26)15-27-14-18)23(30)29-11-9-17(16-29)24(31)32;;/h5-7,12-13,15,17,28H,1-4,9-11,16H2,(H,31,32);1H3;/q-2;-1;+1/t17-;;/m0../s1. The van der Waals surface area contributed by atoms with Crippen LogP contribution in [0, 0.1) is 25.6 Å². The van der Waals surface area contributed by atoms with E-state index in [9.17, 15) is 14.7 Å². The van der Waals surface area contributed by atoms with E-state index < -0.39 is 11.9 Å². The molecular formula is C25H28Cl2LiN3O3-2. The zero-order chi connectivity index (χ0) is 22.9. The molecule has 1 aromatic carbocycles. The average Bonchev–Trinajstić information content (AvgIpc) is 3.26. The Morgan fingerprint density at radius 3 is 2.68 bits per heavy atom. The molecule has 2 N–H and O–H groups in total. The number of hydrogen-bond donors (Lipinski definition) is 2. The molecule has 3 rings (SSSR count). The minimum atomic E-state index is -0.878. The number of benzene rings is 1. The van der Waals surface area contributed by atoms with Crippen molar-refractivity contribution in [3.63, 3.8) is 0 Å². The maximum atomic E-state index is 13.1. The summed E-state index contributed by atoms with van der Waals surface area (Å²) < 4.78 is 0. The number of nitrogens with one attached hydrogen (secondary N) is 1. The van der Waals surface area contributed by atoms with Crippen LogP contribution in [-0.4, -0.2) is 46.5 Å². The number of allylic oxidation sites excluding steroid dienone is 1. The summed E-state index contributed by atoms with van der Waals surface area (Å²) >= 11 is 12.0. The second kappa shape index (κ2) is 15.1. The zero-order valence-corrected chi connectivity index (χ0v) is 21.1. The second-order valence-electron chi connectivity index (χ2n) is 7.69. The van der Waals surface area contributed by atoms with Gasteiger partial charge < -0.3 is 32.5 Å². The Morgan fingerprint density at radius 1 is 1.21 bits per heavy atom. The molecule has 1 saturated heterocycles. The van der Waals surface area contributed by atoms with Crippen LogP contribution in [0.1, 0.15) is 37.7 Å². The number of pyridine rings is 1. The van der Waals surface area contributed by atoms with Crippen LogP contribution in [0.25, 0.3) is 5.57 Å². The number of hydrogen-bond acceptors (Lipinski definition) is 4. The van der Waals surface area contributed by atoms with Gasteiger partial charge in [-0.15, -0.1) is 17.8 Å². The number of rotatable bonds is 10. The molecule has 1 amide bonds. The number of amides is 1. The van der Waals surface area contributed by atoms with Crippen LogP contribution in [0.3, 0.4) is 0 Å². The third-order valence-electron chi connectivity index (χ3n) is 5.27. The molecule has 0 saturated carbocycles. The number of likely N-dealkylation sites (tertiary alicyclic amines) is 1. The normalized spacial score (nSPS) is 15.3. The fourth-order valence-electron chi connectivity index (χ4n) is 3.56. The van der Waals surface area contributed by atoms with Gasteiger partial charge in [-0.05, 0) is 42.3 Å². The number of aromatic nitrogens is 1. The van der Waals surface area contributed by atoms with Crippen LogP contribution in [0.4, 0.5) is 5.69 Å². The van der Waals surface area contributed by atoms with E-state index in [-0.39, 0.29) is 38.7 Å². The number of anilines is 1. The average molecular weight is 496 g/mol. The molecule has 0 spiro atoms. The van der Waals surface area contributed by atoms with E-state index in [2.05, 4.69) is 22.6 Å². The molecule has 1 fully saturated rings.